The Morgan fingerprint density at radius 1 is 1.12 bits per heavy atom. The zero-order valence-electron chi connectivity index (χ0n) is 18.7. The molecule has 33 heavy (non-hydrogen) atoms. The first-order chi connectivity index (χ1) is 15.9. The molecule has 2 N–H and O–H groups in total. The highest BCUT2D eigenvalue weighted by molar-refractivity contribution is 5.87. The molecule has 0 bridgehead atoms. The first kappa shape index (κ1) is 22.8. The second-order valence-corrected chi connectivity index (χ2v) is 8.72. The van der Waals surface area contributed by atoms with Gasteiger partial charge in [0, 0.05) is 26.1 Å². The van der Waals surface area contributed by atoms with Gasteiger partial charge in [0.15, 0.2) is 0 Å². The molecule has 2 aliphatic rings. The molecule has 2 atom stereocenters. The van der Waals surface area contributed by atoms with Gasteiger partial charge in [-0.25, -0.2) is 4.79 Å². The summed E-state index contributed by atoms with van der Waals surface area (Å²) in [6, 6.07) is 15.3. The van der Waals surface area contributed by atoms with Crippen molar-refractivity contribution in [3.63, 3.8) is 0 Å². The number of alkyl carbamates (subject to hydrolysis) is 1. The maximum atomic E-state index is 12.8. The minimum Gasteiger partial charge on any atom is -0.481 e. The predicted molar refractivity (Wildman–Crippen MR) is 121 cm³/mol. The lowest BCUT2D eigenvalue weighted by atomic mass is 9.88. The standard InChI is InChI=1S/C25H28N2O6/c1-16(22(28)27-12-11-25(14-27,15-32-2)23(29)30)26-24(31)33-13-21-19-9-5-3-7-17(19)18-8-4-6-10-20(18)21/h3-10,16,21H,11-15H2,1-2H3,(H,26,31)(H,29,30)/t16-,25?/m1/s1. The molecule has 1 unspecified atom stereocenters. The fraction of sp³-hybridized carbons (Fsp3) is 0.400. The Kier molecular flexibility index (Phi) is 6.37. The monoisotopic (exact) mass is 452 g/mol. The van der Waals surface area contributed by atoms with Gasteiger partial charge in [0.25, 0.3) is 0 Å². The largest absolute Gasteiger partial charge is 0.481 e. The maximum absolute atomic E-state index is 12.8. The Morgan fingerprint density at radius 2 is 1.73 bits per heavy atom. The van der Waals surface area contributed by atoms with E-state index in [-0.39, 0.29) is 31.6 Å². The SMILES string of the molecule is COCC1(C(=O)O)CCN(C(=O)[C@@H](C)NC(=O)OCC2c3ccccc3-c3ccccc32)C1. The second kappa shape index (κ2) is 9.23. The second-order valence-electron chi connectivity index (χ2n) is 8.72. The third-order valence-corrected chi connectivity index (χ3v) is 6.59. The number of nitrogens with zero attached hydrogens (tertiary/aromatic N) is 1. The molecular weight excluding hydrogens is 424 g/mol. The van der Waals surface area contributed by atoms with Crippen LogP contribution in [0.15, 0.2) is 48.5 Å². The summed E-state index contributed by atoms with van der Waals surface area (Å²) in [6.07, 6.45) is -0.377. The van der Waals surface area contributed by atoms with Crippen LogP contribution in [0.5, 0.6) is 0 Å². The summed E-state index contributed by atoms with van der Waals surface area (Å²) in [5.74, 6) is -1.41. The highest BCUT2D eigenvalue weighted by atomic mass is 16.5. The zero-order chi connectivity index (χ0) is 23.6. The Balaban J connectivity index is 1.35. The minimum absolute atomic E-state index is 0.0281. The Bertz CT molecular complexity index is 1020. The van der Waals surface area contributed by atoms with Crippen molar-refractivity contribution in [3.8, 4) is 11.1 Å². The van der Waals surface area contributed by atoms with Crippen molar-refractivity contribution in [1.29, 1.82) is 0 Å². The summed E-state index contributed by atoms with van der Waals surface area (Å²) in [6.45, 7) is 2.10. The molecule has 1 aliphatic carbocycles. The summed E-state index contributed by atoms with van der Waals surface area (Å²) in [5, 5.41) is 12.2. The number of nitrogens with one attached hydrogen (secondary N) is 1. The van der Waals surface area contributed by atoms with Crippen molar-refractivity contribution in [3.05, 3.63) is 59.7 Å². The van der Waals surface area contributed by atoms with Crippen molar-refractivity contribution < 1.29 is 29.0 Å². The van der Waals surface area contributed by atoms with E-state index < -0.39 is 23.5 Å². The molecule has 0 radical (unpaired) electrons. The fourth-order valence-corrected chi connectivity index (χ4v) is 4.84. The summed E-state index contributed by atoms with van der Waals surface area (Å²) < 4.78 is 10.6. The van der Waals surface area contributed by atoms with Crippen LogP contribution in [0.1, 0.15) is 30.4 Å². The van der Waals surface area contributed by atoms with Crippen LogP contribution >= 0.6 is 0 Å². The van der Waals surface area contributed by atoms with E-state index in [4.69, 9.17) is 9.47 Å². The molecule has 2 aromatic rings. The first-order valence-electron chi connectivity index (χ1n) is 11.0. The number of carboxylic acids is 1. The van der Waals surface area contributed by atoms with Gasteiger partial charge in [-0.15, -0.1) is 0 Å². The number of rotatable bonds is 7. The number of likely N-dealkylation sites (tertiary alicyclic amines) is 1. The van der Waals surface area contributed by atoms with E-state index >= 15 is 0 Å². The number of ether oxygens (including phenoxy) is 2. The van der Waals surface area contributed by atoms with Crippen molar-refractivity contribution in [1.82, 2.24) is 10.2 Å². The number of fused-ring (bicyclic) bond motifs is 3. The molecule has 0 aromatic heterocycles. The van der Waals surface area contributed by atoms with Crippen LogP contribution in [-0.2, 0) is 19.1 Å². The van der Waals surface area contributed by atoms with Crippen molar-refractivity contribution in [2.45, 2.75) is 25.3 Å². The predicted octanol–water partition coefficient (Wildman–Crippen LogP) is 2.86. The fourth-order valence-electron chi connectivity index (χ4n) is 4.84. The molecule has 8 nitrogen and oxygen atoms in total. The van der Waals surface area contributed by atoms with Gasteiger partial charge in [0.05, 0.1) is 6.61 Å². The third-order valence-electron chi connectivity index (χ3n) is 6.59. The highest BCUT2D eigenvalue weighted by Gasteiger charge is 2.47. The number of carboxylic acid groups (broad SMARTS) is 1. The van der Waals surface area contributed by atoms with E-state index in [1.807, 2.05) is 36.4 Å². The molecule has 1 saturated heterocycles. The number of aliphatic carboxylic acids is 1. The summed E-state index contributed by atoms with van der Waals surface area (Å²) in [4.78, 5) is 38.4. The lowest BCUT2D eigenvalue weighted by Crippen LogP contribution is -2.48. The molecule has 174 valence electrons. The molecule has 0 saturated carbocycles. The average Bonchev–Trinajstić information content (AvgIpc) is 3.38. The van der Waals surface area contributed by atoms with Crippen molar-refractivity contribution in [2.75, 3.05) is 33.4 Å². The summed E-state index contributed by atoms with van der Waals surface area (Å²) in [5.41, 5.74) is 3.37. The van der Waals surface area contributed by atoms with Gasteiger partial charge in [-0.3, -0.25) is 9.59 Å². The average molecular weight is 453 g/mol. The van der Waals surface area contributed by atoms with Gasteiger partial charge in [-0.2, -0.15) is 0 Å². The van der Waals surface area contributed by atoms with Crippen LogP contribution in [-0.4, -0.2) is 67.4 Å². The maximum Gasteiger partial charge on any atom is 0.407 e. The van der Waals surface area contributed by atoms with Gasteiger partial charge in [-0.1, -0.05) is 48.5 Å². The first-order valence-corrected chi connectivity index (χ1v) is 11.0. The number of carbonyl (C=O) groups excluding carboxylic acids is 2. The van der Waals surface area contributed by atoms with Crippen LogP contribution in [0.3, 0.4) is 0 Å². The molecule has 1 fully saturated rings. The van der Waals surface area contributed by atoms with E-state index in [9.17, 15) is 19.5 Å². The number of hydrogen-bond acceptors (Lipinski definition) is 5. The van der Waals surface area contributed by atoms with Gasteiger partial charge < -0.3 is 24.8 Å². The normalized spacial score (nSPS) is 20.1. The molecule has 2 aromatic carbocycles. The number of benzene rings is 2. The molecule has 1 aliphatic heterocycles. The minimum atomic E-state index is -1.12. The summed E-state index contributed by atoms with van der Waals surface area (Å²) in [7, 11) is 1.44. The molecule has 0 spiro atoms. The molecule has 4 rings (SSSR count). The quantitative estimate of drug-likeness (QED) is 0.669. The molecule has 8 heteroatoms. The smallest absolute Gasteiger partial charge is 0.407 e. The van der Waals surface area contributed by atoms with Gasteiger partial charge in [-0.05, 0) is 35.6 Å². The Hall–Kier alpha value is -3.39. The number of hydrogen-bond donors (Lipinski definition) is 2. The van der Waals surface area contributed by atoms with Crippen LogP contribution < -0.4 is 5.32 Å². The lowest BCUT2D eigenvalue weighted by molar-refractivity contribution is -0.151. The summed E-state index contributed by atoms with van der Waals surface area (Å²) >= 11 is 0. The lowest BCUT2D eigenvalue weighted by Gasteiger charge is -2.25. The number of carbonyl (C=O) groups is 3. The zero-order valence-corrected chi connectivity index (χ0v) is 18.7. The third kappa shape index (κ3) is 4.30. The van der Waals surface area contributed by atoms with Gasteiger partial charge >= 0.3 is 12.1 Å². The molecule has 2 amide bonds. The van der Waals surface area contributed by atoms with Crippen LogP contribution in [0.25, 0.3) is 11.1 Å². The highest BCUT2D eigenvalue weighted by Crippen LogP contribution is 2.44. The van der Waals surface area contributed by atoms with Crippen LogP contribution in [0.2, 0.25) is 0 Å². The molecular formula is C25H28N2O6. The van der Waals surface area contributed by atoms with E-state index in [0.717, 1.165) is 22.3 Å². The van der Waals surface area contributed by atoms with Gasteiger partial charge in [0.1, 0.15) is 18.1 Å². The Labute approximate surface area is 192 Å². The van der Waals surface area contributed by atoms with Crippen molar-refractivity contribution >= 4 is 18.0 Å². The number of amides is 2. The Morgan fingerprint density at radius 3 is 2.30 bits per heavy atom. The van der Waals surface area contributed by atoms with Crippen molar-refractivity contribution in [2.24, 2.45) is 5.41 Å². The van der Waals surface area contributed by atoms with E-state index in [0.29, 0.717) is 13.0 Å². The van der Waals surface area contributed by atoms with E-state index in [2.05, 4.69) is 17.4 Å². The van der Waals surface area contributed by atoms with Gasteiger partial charge in [0.2, 0.25) is 5.91 Å². The van der Waals surface area contributed by atoms with E-state index in [1.54, 1.807) is 6.92 Å². The van der Waals surface area contributed by atoms with Crippen LogP contribution in [0, 0.1) is 5.41 Å². The number of methoxy groups -OCH3 is 1. The van der Waals surface area contributed by atoms with E-state index in [1.165, 1.54) is 12.0 Å². The van der Waals surface area contributed by atoms with Crippen LogP contribution in [0.4, 0.5) is 4.79 Å². The molecule has 1 heterocycles. The topological polar surface area (TPSA) is 105 Å².